The van der Waals surface area contributed by atoms with E-state index >= 15 is 0 Å². The number of hydrogen-bond donors (Lipinski definition) is 2. The molecule has 0 saturated carbocycles. The first-order chi connectivity index (χ1) is 8.00. The van der Waals surface area contributed by atoms with Crippen LogP contribution in [0.5, 0.6) is 0 Å². The Bertz CT molecular complexity index is 592. The molecule has 2 rings (SSSR count). The predicted octanol–water partition coefficient (Wildman–Crippen LogP) is 0.396. The van der Waals surface area contributed by atoms with Crippen LogP contribution in [0.4, 0.5) is 10.2 Å². The molecule has 0 spiro atoms. The van der Waals surface area contributed by atoms with Gasteiger partial charge in [0, 0.05) is 0 Å². The van der Waals surface area contributed by atoms with Crippen LogP contribution in [0, 0.1) is 12.7 Å². The molecular formula is C10H10FN5O. The molecule has 0 atom stereocenters. The predicted molar refractivity (Wildman–Crippen MR) is 59.0 cm³/mol. The number of carbonyl (C=O) groups excluding carboxylic acids is 1. The maximum Gasteiger partial charge on any atom is 0.273 e. The van der Waals surface area contributed by atoms with Gasteiger partial charge < -0.3 is 11.5 Å². The Balaban J connectivity index is 2.53. The maximum absolute atomic E-state index is 13.4. The van der Waals surface area contributed by atoms with Crippen LogP contribution in [-0.2, 0) is 0 Å². The Morgan fingerprint density at radius 3 is 2.71 bits per heavy atom. The number of anilines is 1. The lowest BCUT2D eigenvalue weighted by molar-refractivity contribution is 0.0996. The summed E-state index contributed by atoms with van der Waals surface area (Å²) >= 11 is 0. The van der Waals surface area contributed by atoms with Crippen molar-refractivity contribution < 1.29 is 9.18 Å². The van der Waals surface area contributed by atoms with Gasteiger partial charge in [0.2, 0.25) is 0 Å². The molecule has 0 aliphatic rings. The number of amides is 1. The molecular weight excluding hydrogens is 225 g/mol. The summed E-state index contributed by atoms with van der Waals surface area (Å²) in [5.41, 5.74) is 11.4. The third kappa shape index (κ3) is 1.82. The van der Waals surface area contributed by atoms with Crippen molar-refractivity contribution >= 4 is 11.7 Å². The van der Waals surface area contributed by atoms with Crippen molar-refractivity contribution in [2.45, 2.75) is 6.92 Å². The van der Waals surface area contributed by atoms with Gasteiger partial charge in [-0.2, -0.15) is 4.68 Å². The lowest BCUT2D eigenvalue weighted by Gasteiger charge is -2.04. The van der Waals surface area contributed by atoms with Gasteiger partial charge in [0.15, 0.2) is 11.5 Å². The number of hydrogen-bond acceptors (Lipinski definition) is 4. The summed E-state index contributed by atoms with van der Waals surface area (Å²) in [5.74, 6) is -1.18. The summed E-state index contributed by atoms with van der Waals surface area (Å²) in [4.78, 5) is 10.9. The smallest absolute Gasteiger partial charge is 0.273 e. The van der Waals surface area contributed by atoms with Crippen molar-refractivity contribution in [3.63, 3.8) is 0 Å². The van der Waals surface area contributed by atoms with Crippen molar-refractivity contribution in [3.8, 4) is 5.69 Å². The fourth-order valence-electron chi connectivity index (χ4n) is 1.37. The third-order valence-corrected chi connectivity index (χ3v) is 2.34. The monoisotopic (exact) mass is 235 g/mol. The fourth-order valence-corrected chi connectivity index (χ4v) is 1.37. The van der Waals surface area contributed by atoms with Crippen LogP contribution in [0.25, 0.3) is 5.69 Å². The summed E-state index contributed by atoms with van der Waals surface area (Å²) in [6.45, 7) is 1.64. The van der Waals surface area contributed by atoms with Crippen molar-refractivity contribution in [3.05, 3.63) is 35.3 Å². The van der Waals surface area contributed by atoms with Gasteiger partial charge in [0.1, 0.15) is 5.82 Å². The van der Waals surface area contributed by atoms with Crippen molar-refractivity contribution in [2.75, 3.05) is 5.73 Å². The lowest BCUT2D eigenvalue weighted by atomic mass is 10.2. The first kappa shape index (κ1) is 11.1. The van der Waals surface area contributed by atoms with Crippen molar-refractivity contribution in [2.24, 2.45) is 5.73 Å². The Morgan fingerprint density at radius 2 is 2.18 bits per heavy atom. The Hall–Kier alpha value is -2.44. The zero-order chi connectivity index (χ0) is 12.6. The molecule has 0 aliphatic heterocycles. The van der Waals surface area contributed by atoms with E-state index in [9.17, 15) is 9.18 Å². The van der Waals surface area contributed by atoms with Crippen LogP contribution in [0.3, 0.4) is 0 Å². The van der Waals surface area contributed by atoms with E-state index in [-0.39, 0.29) is 11.5 Å². The van der Waals surface area contributed by atoms with E-state index < -0.39 is 11.7 Å². The van der Waals surface area contributed by atoms with Crippen molar-refractivity contribution in [1.82, 2.24) is 15.0 Å². The largest absolute Gasteiger partial charge is 0.382 e. The van der Waals surface area contributed by atoms with Crippen LogP contribution in [-0.4, -0.2) is 20.9 Å². The molecule has 6 nitrogen and oxygen atoms in total. The normalized spacial score (nSPS) is 10.5. The quantitative estimate of drug-likeness (QED) is 0.786. The van der Waals surface area contributed by atoms with Gasteiger partial charge in [-0.25, -0.2) is 4.39 Å². The van der Waals surface area contributed by atoms with E-state index in [1.807, 2.05) is 0 Å². The number of carbonyl (C=O) groups is 1. The van der Waals surface area contributed by atoms with Crippen LogP contribution in [0.2, 0.25) is 0 Å². The van der Waals surface area contributed by atoms with Crippen LogP contribution in [0.1, 0.15) is 16.1 Å². The molecule has 1 heterocycles. The minimum absolute atomic E-state index is 0.0132. The Morgan fingerprint density at radius 1 is 1.47 bits per heavy atom. The molecule has 2 aromatic rings. The van der Waals surface area contributed by atoms with Gasteiger partial charge in [-0.3, -0.25) is 4.79 Å². The number of nitrogen functional groups attached to an aromatic ring is 1. The van der Waals surface area contributed by atoms with Gasteiger partial charge in [0.05, 0.1) is 5.69 Å². The van der Waals surface area contributed by atoms with E-state index in [1.165, 1.54) is 6.07 Å². The number of benzene rings is 1. The van der Waals surface area contributed by atoms with E-state index in [0.717, 1.165) is 4.68 Å². The molecule has 0 radical (unpaired) electrons. The molecule has 4 N–H and O–H groups in total. The molecule has 0 bridgehead atoms. The molecule has 0 unspecified atom stereocenters. The SMILES string of the molecule is Cc1ccc(-n2nnc(C(N)=O)c2N)cc1F. The number of nitrogens with zero attached hydrogens (tertiary/aromatic N) is 3. The molecule has 0 aliphatic carbocycles. The molecule has 1 amide bonds. The summed E-state index contributed by atoms with van der Waals surface area (Å²) in [7, 11) is 0. The highest BCUT2D eigenvalue weighted by atomic mass is 19.1. The summed E-state index contributed by atoms with van der Waals surface area (Å²) < 4.78 is 14.5. The van der Waals surface area contributed by atoms with E-state index in [4.69, 9.17) is 11.5 Å². The Labute approximate surface area is 96.0 Å². The fraction of sp³-hybridized carbons (Fsp3) is 0.100. The number of aromatic nitrogens is 3. The van der Waals surface area contributed by atoms with Gasteiger partial charge in [-0.15, -0.1) is 5.10 Å². The van der Waals surface area contributed by atoms with E-state index in [2.05, 4.69) is 10.3 Å². The lowest BCUT2D eigenvalue weighted by Crippen LogP contribution is -2.14. The molecule has 1 aromatic heterocycles. The average molecular weight is 235 g/mol. The highest BCUT2D eigenvalue weighted by molar-refractivity contribution is 5.95. The zero-order valence-corrected chi connectivity index (χ0v) is 9.01. The first-order valence-corrected chi connectivity index (χ1v) is 4.78. The van der Waals surface area contributed by atoms with Crippen LogP contribution >= 0.6 is 0 Å². The third-order valence-electron chi connectivity index (χ3n) is 2.34. The second kappa shape index (κ2) is 3.85. The maximum atomic E-state index is 13.4. The molecule has 17 heavy (non-hydrogen) atoms. The summed E-state index contributed by atoms with van der Waals surface area (Å²) in [5, 5.41) is 7.19. The number of primary amides is 1. The average Bonchev–Trinajstić information content (AvgIpc) is 2.64. The highest BCUT2D eigenvalue weighted by Gasteiger charge is 2.15. The van der Waals surface area contributed by atoms with Crippen LogP contribution < -0.4 is 11.5 Å². The van der Waals surface area contributed by atoms with Crippen LogP contribution in [0.15, 0.2) is 18.2 Å². The number of nitrogens with two attached hydrogens (primary N) is 2. The second-order valence-electron chi connectivity index (χ2n) is 3.53. The molecule has 0 fully saturated rings. The van der Waals surface area contributed by atoms with Gasteiger partial charge in [-0.05, 0) is 24.6 Å². The summed E-state index contributed by atoms with van der Waals surface area (Å²) in [6, 6.07) is 4.45. The number of rotatable bonds is 2. The minimum atomic E-state index is -0.777. The summed E-state index contributed by atoms with van der Waals surface area (Å²) in [6.07, 6.45) is 0. The molecule has 1 aromatic carbocycles. The van der Waals surface area contributed by atoms with Gasteiger partial charge in [0.25, 0.3) is 5.91 Å². The first-order valence-electron chi connectivity index (χ1n) is 4.78. The van der Waals surface area contributed by atoms with Gasteiger partial charge >= 0.3 is 0 Å². The zero-order valence-electron chi connectivity index (χ0n) is 9.01. The molecule has 7 heteroatoms. The van der Waals surface area contributed by atoms with E-state index in [1.54, 1.807) is 19.1 Å². The van der Waals surface area contributed by atoms with Crippen molar-refractivity contribution in [1.29, 1.82) is 0 Å². The number of aryl methyl sites for hydroxylation is 1. The topological polar surface area (TPSA) is 99.8 Å². The highest BCUT2D eigenvalue weighted by Crippen LogP contribution is 2.17. The molecule has 88 valence electrons. The number of halogens is 1. The standard InChI is InChI=1S/C10H10FN5O/c1-5-2-3-6(4-7(5)11)16-9(12)8(10(13)17)14-15-16/h2-4H,12H2,1H3,(H2,13,17). The molecule has 0 saturated heterocycles. The van der Waals surface area contributed by atoms with E-state index in [0.29, 0.717) is 11.3 Å². The van der Waals surface area contributed by atoms with Gasteiger partial charge in [-0.1, -0.05) is 11.3 Å². The minimum Gasteiger partial charge on any atom is -0.382 e. The Kier molecular flexibility index (Phi) is 2.51. The second-order valence-corrected chi connectivity index (χ2v) is 3.53.